The van der Waals surface area contributed by atoms with Crippen molar-refractivity contribution >= 4 is 11.9 Å². The average molecular weight is 442 g/mol. The van der Waals surface area contributed by atoms with Gasteiger partial charge in [-0.3, -0.25) is 4.79 Å². The summed E-state index contributed by atoms with van der Waals surface area (Å²) in [7, 11) is 8.26. The average Bonchev–Trinajstić information content (AvgIpc) is 2.81. The summed E-state index contributed by atoms with van der Waals surface area (Å²) in [6.45, 7) is 2.06. The largest absolute Gasteiger partial charge is 0.507 e. The summed E-state index contributed by atoms with van der Waals surface area (Å²) in [5, 5.41) is 10.4. The van der Waals surface area contributed by atoms with E-state index in [2.05, 4.69) is 11.9 Å². The molecular weight excluding hydrogens is 410 g/mol. The van der Waals surface area contributed by atoms with Crippen LogP contribution in [0.5, 0.6) is 28.7 Å². The zero-order valence-corrected chi connectivity index (χ0v) is 19.3. The number of carbonyl (C=O) groups excluding carboxylic acids is 1. The van der Waals surface area contributed by atoms with Crippen LogP contribution in [0, 0.1) is 0 Å². The Morgan fingerprint density at radius 2 is 1.69 bits per heavy atom. The van der Waals surface area contributed by atoms with Crippen LogP contribution in [-0.2, 0) is 0 Å². The quantitative estimate of drug-likeness (QED) is 0.487. The number of carbonyl (C=O) groups is 1. The molecule has 0 bridgehead atoms. The molecule has 1 aliphatic rings. The molecule has 172 valence electrons. The summed E-state index contributed by atoms with van der Waals surface area (Å²) in [6, 6.07) is 6.89. The smallest absolute Gasteiger partial charge is 0.193 e. The van der Waals surface area contributed by atoms with E-state index in [0.717, 1.165) is 31.5 Å². The van der Waals surface area contributed by atoms with Gasteiger partial charge in [0.1, 0.15) is 34.3 Å². The van der Waals surface area contributed by atoms with Gasteiger partial charge in [0.05, 0.1) is 34.0 Å². The Morgan fingerprint density at radius 3 is 2.28 bits per heavy atom. The van der Waals surface area contributed by atoms with Crippen molar-refractivity contribution in [3.63, 3.8) is 0 Å². The number of methoxy groups -OCH3 is 4. The highest BCUT2D eigenvalue weighted by Crippen LogP contribution is 2.41. The molecule has 0 aliphatic carbocycles. The van der Waals surface area contributed by atoms with Crippen LogP contribution in [0.3, 0.4) is 0 Å². The fourth-order valence-electron chi connectivity index (χ4n) is 4.15. The van der Waals surface area contributed by atoms with Gasteiger partial charge in [-0.25, -0.2) is 0 Å². The second-order valence-corrected chi connectivity index (χ2v) is 7.80. The van der Waals surface area contributed by atoms with Crippen LogP contribution >= 0.6 is 0 Å². The molecule has 0 unspecified atom stereocenters. The van der Waals surface area contributed by atoms with Crippen molar-refractivity contribution in [2.75, 3.05) is 48.6 Å². The molecule has 1 heterocycles. The van der Waals surface area contributed by atoms with Crippen molar-refractivity contribution in [3.8, 4) is 28.7 Å². The number of allylic oxidation sites excluding steroid dienone is 1. The number of aromatic hydroxyl groups is 1. The van der Waals surface area contributed by atoms with Gasteiger partial charge in [0.2, 0.25) is 0 Å². The molecule has 3 rings (SSSR count). The van der Waals surface area contributed by atoms with E-state index >= 15 is 0 Å². The van der Waals surface area contributed by atoms with E-state index in [9.17, 15) is 9.90 Å². The summed E-state index contributed by atoms with van der Waals surface area (Å²) in [6.07, 6.45) is 5.14. The fourth-order valence-corrected chi connectivity index (χ4v) is 4.15. The molecule has 32 heavy (non-hydrogen) atoms. The molecule has 7 heteroatoms. The van der Waals surface area contributed by atoms with Crippen LogP contribution in [0.25, 0.3) is 6.08 Å². The third kappa shape index (κ3) is 4.83. The SMILES string of the molecule is COc1cc(O)c(C(=O)/C=C/c2c(OC)ccc(C3CCN(C)CC3)c2OC)c(OC)c1. The van der Waals surface area contributed by atoms with Crippen molar-refractivity contribution in [1.82, 2.24) is 4.90 Å². The summed E-state index contributed by atoms with van der Waals surface area (Å²) in [4.78, 5) is 15.3. The van der Waals surface area contributed by atoms with E-state index in [4.69, 9.17) is 18.9 Å². The van der Waals surface area contributed by atoms with E-state index in [-0.39, 0.29) is 17.1 Å². The standard InChI is InChI=1S/C25H31NO6/c1-26-12-10-16(11-13-26)18-7-9-22(30-3)19(25(18)32-5)6-8-20(27)24-21(28)14-17(29-2)15-23(24)31-4/h6-9,14-16,28H,10-13H2,1-5H3/b8-6+. The molecule has 0 aromatic heterocycles. The molecule has 0 saturated carbocycles. The first-order valence-electron chi connectivity index (χ1n) is 10.5. The maximum absolute atomic E-state index is 13.0. The lowest BCUT2D eigenvalue weighted by molar-refractivity contribution is 0.104. The van der Waals surface area contributed by atoms with E-state index in [1.54, 1.807) is 26.4 Å². The van der Waals surface area contributed by atoms with E-state index in [0.29, 0.717) is 28.7 Å². The Kier molecular flexibility index (Phi) is 7.64. The molecular formula is C25H31NO6. The number of phenolic OH excluding ortho intramolecular Hbond substituents is 1. The topological polar surface area (TPSA) is 77.5 Å². The first-order chi connectivity index (χ1) is 15.4. The zero-order chi connectivity index (χ0) is 23.3. The van der Waals surface area contributed by atoms with E-state index in [1.807, 2.05) is 12.1 Å². The van der Waals surface area contributed by atoms with Crippen LogP contribution in [0.2, 0.25) is 0 Å². The van der Waals surface area contributed by atoms with Gasteiger partial charge in [-0.15, -0.1) is 0 Å². The summed E-state index contributed by atoms with van der Waals surface area (Å²) < 4.78 is 21.8. The maximum atomic E-state index is 13.0. The summed E-state index contributed by atoms with van der Waals surface area (Å²) >= 11 is 0. The number of benzene rings is 2. The highest BCUT2D eigenvalue weighted by atomic mass is 16.5. The van der Waals surface area contributed by atoms with Gasteiger partial charge in [-0.2, -0.15) is 0 Å². The number of ketones is 1. The van der Waals surface area contributed by atoms with Crippen molar-refractivity contribution in [3.05, 3.63) is 47.0 Å². The third-order valence-corrected chi connectivity index (χ3v) is 5.93. The molecule has 7 nitrogen and oxygen atoms in total. The minimum atomic E-state index is -0.407. The van der Waals surface area contributed by atoms with Crippen LogP contribution in [0.15, 0.2) is 30.3 Å². The zero-order valence-electron chi connectivity index (χ0n) is 19.3. The van der Waals surface area contributed by atoms with Gasteiger partial charge in [-0.1, -0.05) is 6.07 Å². The number of phenols is 1. The molecule has 0 amide bonds. The third-order valence-electron chi connectivity index (χ3n) is 5.93. The predicted molar refractivity (Wildman–Crippen MR) is 124 cm³/mol. The van der Waals surface area contributed by atoms with Gasteiger partial charge < -0.3 is 29.0 Å². The van der Waals surface area contributed by atoms with Crippen molar-refractivity contribution in [2.24, 2.45) is 0 Å². The fraction of sp³-hybridized carbons (Fsp3) is 0.400. The molecule has 0 radical (unpaired) electrons. The van der Waals surface area contributed by atoms with Crippen molar-refractivity contribution in [2.45, 2.75) is 18.8 Å². The molecule has 1 aliphatic heterocycles. The number of ether oxygens (including phenoxy) is 4. The van der Waals surface area contributed by atoms with Gasteiger partial charge in [-0.05, 0) is 62.7 Å². The van der Waals surface area contributed by atoms with Gasteiger partial charge in [0.15, 0.2) is 5.78 Å². The van der Waals surface area contributed by atoms with E-state index in [1.165, 1.54) is 26.4 Å². The number of rotatable bonds is 8. The van der Waals surface area contributed by atoms with Crippen molar-refractivity contribution in [1.29, 1.82) is 0 Å². The summed E-state index contributed by atoms with van der Waals surface area (Å²) in [5.74, 6) is 1.69. The minimum absolute atomic E-state index is 0.0638. The number of nitrogens with zero attached hydrogens (tertiary/aromatic N) is 1. The van der Waals surface area contributed by atoms with Gasteiger partial charge in [0, 0.05) is 12.1 Å². The molecule has 1 fully saturated rings. The minimum Gasteiger partial charge on any atom is -0.507 e. The number of hydrogen-bond acceptors (Lipinski definition) is 7. The number of likely N-dealkylation sites (tertiary alicyclic amines) is 1. The van der Waals surface area contributed by atoms with Gasteiger partial charge in [0.25, 0.3) is 0 Å². The number of hydrogen-bond donors (Lipinski definition) is 1. The Labute approximate surface area is 189 Å². The molecule has 0 spiro atoms. The lowest BCUT2D eigenvalue weighted by Crippen LogP contribution is -2.29. The highest BCUT2D eigenvalue weighted by Gasteiger charge is 2.24. The van der Waals surface area contributed by atoms with Crippen LogP contribution in [0.4, 0.5) is 0 Å². The lowest BCUT2D eigenvalue weighted by atomic mass is 9.87. The molecule has 0 atom stereocenters. The molecule has 2 aromatic rings. The Balaban J connectivity index is 1.99. The number of piperidine rings is 1. The summed E-state index contributed by atoms with van der Waals surface area (Å²) in [5.41, 5.74) is 1.86. The Morgan fingerprint density at radius 1 is 1.00 bits per heavy atom. The predicted octanol–water partition coefficient (Wildman–Crippen LogP) is 4.13. The Bertz CT molecular complexity index is 992. The molecule has 1 saturated heterocycles. The van der Waals surface area contributed by atoms with E-state index < -0.39 is 5.78 Å². The van der Waals surface area contributed by atoms with Crippen LogP contribution in [-0.4, -0.2) is 64.4 Å². The normalized spacial score (nSPS) is 15.0. The lowest BCUT2D eigenvalue weighted by Gasteiger charge is -2.30. The first-order valence-corrected chi connectivity index (χ1v) is 10.5. The molecule has 2 aromatic carbocycles. The maximum Gasteiger partial charge on any atom is 0.193 e. The van der Waals surface area contributed by atoms with Crippen LogP contribution in [0.1, 0.15) is 40.2 Å². The second kappa shape index (κ2) is 10.4. The monoisotopic (exact) mass is 441 g/mol. The first kappa shape index (κ1) is 23.5. The van der Waals surface area contributed by atoms with Crippen LogP contribution < -0.4 is 18.9 Å². The Hall–Kier alpha value is -3.19. The second-order valence-electron chi connectivity index (χ2n) is 7.80. The molecule has 1 N–H and O–H groups in total. The van der Waals surface area contributed by atoms with Crippen molar-refractivity contribution < 1.29 is 28.8 Å². The highest BCUT2D eigenvalue weighted by molar-refractivity contribution is 6.11. The van der Waals surface area contributed by atoms with Gasteiger partial charge >= 0.3 is 0 Å².